The predicted molar refractivity (Wildman–Crippen MR) is 108 cm³/mol. The summed E-state index contributed by atoms with van der Waals surface area (Å²) in [4.78, 5) is 6.87. The van der Waals surface area contributed by atoms with Crippen LogP contribution in [0.4, 0.5) is 0 Å². The van der Waals surface area contributed by atoms with Crippen LogP contribution in [0.1, 0.15) is 31.2 Å². The van der Waals surface area contributed by atoms with Crippen molar-refractivity contribution in [3.05, 3.63) is 22.2 Å². The molecule has 132 valence electrons. The number of rotatable bonds is 2. The van der Waals surface area contributed by atoms with Crippen LogP contribution in [0, 0.1) is 5.41 Å². The molecule has 2 heterocycles. The number of hydrogen-bond acceptors (Lipinski definition) is 3. The minimum atomic E-state index is 0. The van der Waals surface area contributed by atoms with Gasteiger partial charge in [-0.3, -0.25) is 4.99 Å². The van der Waals surface area contributed by atoms with Gasteiger partial charge in [0.15, 0.2) is 17.5 Å². The lowest BCUT2D eigenvalue weighted by Crippen LogP contribution is -2.42. The molecule has 1 saturated heterocycles. The Kier molecular flexibility index (Phi) is 5.48. The van der Waals surface area contributed by atoms with E-state index in [1.54, 1.807) is 0 Å². The van der Waals surface area contributed by atoms with Crippen LogP contribution < -0.4 is 14.8 Å². The van der Waals surface area contributed by atoms with E-state index in [1.807, 2.05) is 13.1 Å². The summed E-state index contributed by atoms with van der Waals surface area (Å²) in [6.07, 6.45) is 5.47. The molecule has 1 saturated carbocycles. The van der Waals surface area contributed by atoms with Crippen molar-refractivity contribution in [3.8, 4) is 11.5 Å². The zero-order valence-corrected chi connectivity index (χ0v) is 17.7. The van der Waals surface area contributed by atoms with Crippen molar-refractivity contribution in [3.63, 3.8) is 0 Å². The van der Waals surface area contributed by atoms with Crippen LogP contribution in [0.15, 0.2) is 21.6 Å². The van der Waals surface area contributed by atoms with E-state index in [-0.39, 0.29) is 24.0 Å². The average molecular weight is 508 g/mol. The van der Waals surface area contributed by atoms with Gasteiger partial charge in [-0.1, -0.05) is 6.42 Å². The summed E-state index contributed by atoms with van der Waals surface area (Å²) in [6, 6.07) is 4.11. The summed E-state index contributed by atoms with van der Waals surface area (Å²) in [6.45, 7) is 3.29. The summed E-state index contributed by atoms with van der Waals surface area (Å²) in [5.74, 6) is 2.60. The predicted octanol–water partition coefficient (Wildman–Crippen LogP) is 3.75. The van der Waals surface area contributed by atoms with E-state index >= 15 is 0 Å². The second-order valence-corrected chi connectivity index (χ2v) is 7.59. The molecule has 1 aliphatic carbocycles. The summed E-state index contributed by atoms with van der Waals surface area (Å²) in [5, 5.41) is 3.49. The number of halogens is 2. The van der Waals surface area contributed by atoms with Gasteiger partial charge in [-0.05, 0) is 58.3 Å². The number of fused-ring (bicyclic) bond motifs is 1. The Balaban J connectivity index is 0.00000169. The Morgan fingerprint density at radius 3 is 2.83 bits per heavy atom. The highest BCUT2D eigenvalue weighted by atomic mass is 127. The quantitative estimate of drug-likeness (QED) is 0.376. The molecule has 0 unspecified atom stereocenters. The minimum absolute atomic E-state index is 0. The highest BCUT2D eigenvalue weighted by molar-refractivity contribution is 14.0. The molecule has 7 heteroatoms. The van der Waals surface area contributed by atoms with Crippen molar-refractivity contribution < 1.29 is 9.47 Å². The van der Waals surface area contributed by atoms with Gasteiger partial charge in [-0.2, -0.15) is 0 Å². The second kappa shape index (κ2) is 7.27. The van der Waals surface area contributed by atoms with Crippen LogP contribution in [-0.2, 0) is 6.54 Å². The first-order valence-electron chi connectivity index (χ1n) is 8.23. The van der Waals surface area contributed by atoms with Gasteiger partial charge in [0.25, 0.3) is 0 Å². The van der Waals surface area contributed by atoms with E-state index in [2.05, 4.69) is 37.2 Å². The van der Waals surface area contributed by atoms with Crippen LogP contribution in [0.3, 0.4) is 0 Å². The number of aliphatic imine (C=N–C) groups is 1. The van der Waals surface area contributed by atoms with Gasteiger partial charge in [0.1, 0.15) is 0 Å². The van der Waals surface area contributed by atoms with Gasteiger partial charge in [-0.15, -0.1) is 24.0 Å². The Hall–Kier alpha value is -0.700. The summed E-state index contributed by atoms with van der Waals surface area (Å²) in [7, 11) is 1.86. The maximum absolute atomic E-state index is 5.48. The number of ether oxygens (including phenoxy) is 2. The number of guanidine groups is 1. The molecule has 5 nitrogen and oxygen atoms in total. The first-order valence-corrected chi connectivity index (χ1v) is 9.02. The van der Waals surface area contributed by atoms with Crippen LogP contribution in [-0.4, -0.2) is 37.8 Å². The zero-order valence-electron chi connectivity index (χ0n) is 13.8. The molecule has 0 atom stereocenters. The summed E-state index contributed by atoms with van der Waals surface area (Å²) >= 11 is 3.55. The third-order valence-corrected chi connectivity index (χ3v) is 5.89. The van der Waals surface area contributed by atoms with E-state index in [1.165, 1.54) is 25.7 Å². The van der Waals surface area contributed by atoms with Gasteiger partial charge in [-0.25, -0.2) is 0 Å². The Morgan fingerprint density at radius 1 is 1.33 bits per heavy atom. The Bertz CT molecular complexity index is 649. The van der Waals surface area contributed by atoms with Gasteiger partial charge in [0.2, 0.25) is 6.79 Å². The lowest BCUT2D eigenvalue weighted by molar-refractivity contribution is 0.151. The van der Waals surface area contributed by atoms with Crippen molar-refractivity contribution >= 4 is 45.9 Å². The van der Waals surface area contributed by atoms with Crippen molar-refractivity contribution in [2.24, 2.45) is 10.4 Å². The van der Waals surface area contributed by atoms with Crippen molar-refractivity contribution in [1.82, 2.24) is 10.2 Å². The van der Waals surface area contributed by atoms with Crippen LogP contribution in [0.2, 0.25) is 0 Å². The molecular formula is C17H23BrIN3O2. The van der Waals surface area contributed by atoms with E-state index in [4.69, 9.17) is 9.47 Å². The van der Waals surface area contributed by atoms with E-state index in [9.17, 15) is 0 Å². The van der Waals surface area contributed by atoms with Crippen LogP contribution in [0.5, 0.6) is 11.5 Å². The molecule has 1 spiro atoms. The molecule has 2 aliphatic heterocycles. The standard InChI is InChI=1S/C17H22BrN3O2.HI/c1-19-16(21-6-5-17(10-21)3-2-4-17)20-9-12-7-13(18)15-14(8-12)22-11-23-15;/h7-8H,2-6,9-11H2,1H3,(H,19,20);1H. The molecule has 0 radical (unpaired) electrons. The second-order valence-electron chi connectivity index (χ2n) is 6.74. The fourth-order valence-corrected chi connectivity index (χ4v) is 4.44. The Morgan fingerprint density at radius 2 is 2.17 bits per heavy atom. The molecule has 0 bridgehead atoms. The third kappa shape index (κ3) is 3.34. The molecule has 4 rings (SSSR count). The number of likely N-dealkylation sites (tertiary alicyclic amines) is 1. The van der Waals surface area contributed by atoms with E-state index < -0.39 is 0 Å². The van der Waals surface area contributed by atoms with Gasteiger partial charge in [0, 0.05) is 26.7 Å². The fourth-order valence-electron chi connectivity index (χ4n) is 3.84. The number of nitrogens with one attached hydrogen (secondary N) is 1. The smallest absolute Gasteiger partial charge is 0.231 e. The van der Waals surface area contributed by atoms with Crippen LogP contribution in [0.25, 0.3) is 0 Å². The first kappa shape index (κ1) is 18.1. The van der Waals surface area contributed by atoms with Crippen LogP contribution >= 0.6 is 39.9 Å². The summed E-state index contributed by atoms with van der Waals surface area (Å²) in [5.41, 5.74) is 1.74. The molecule has 0 amide bonds. The monoisotopic (exact) mass is 507 g/mol. The number of nitrogens with zero attached hydrogens (tertiary/aromatic N) is 2. The molecule has 1 aromatic carbocycles. The van der Waals surface area contributed by atoms with Crippen molar-refractivity contribution in [2.75, 3.05) is 26.9 Å². The maximum atomic E-state index is 5.48. The molecule has 2 fully saturated rings. The average Bonchev–Trinajstić information content (AvgIpc) is 3.14. The fraction of sp³-hybridized carbons (Fsp3) is 0.588. The molecule has 24 heavy (non-hydrogen) atoms. The SMILES string of the molecule is CN=C(NCc1cc(Br)c2c(c1)OCO2)N1CCC2(CCC2)C1.I. The third-order valence-electron chi connectivity index (χ3n) is 5.30. The minimum Gasteiger partial charge on any atom is -0.454 e. The highest BCUT2D eigenvalue weighted by Gasteiger charge is 2.43. The first-order chi connectivity index (χ1) is 11.2. The molecular weight excluding hydrogens is 485 g/mol. The lowest BCUT2D eigenvalue weighted by atomic mass is 9.68. The highest BCUT2D eigenvalue weighted by Crippen LogP contribution is 2.48. The molecule has 1 aromatic rings. The number of benzene rings is 1. The molecule has 1 N–H and O–H groups in total. The normalized spacial score (nSPS) is 20.8. The summed E-state index contributed by atoms with van der Waals surface area (Å²) < 4.78 is 11.9. The van der Waals surface area contributed by atoms with Crippen molar-refractivity contribution in [1.29, 1.82) is 0 Å². The topological polar surface area (TPSA) is 46.1 Å². The molecule has 0 aromatic heterocycles. The van der Waals surface area contributed by atoms with E-state index in [0.29, 0.717) is 12.2 Å². The maximum Gasteiger partial charge on any atom is 0.231 e. The lowest BCUT2D eigenvalue weighted by Gasteiger charge is -2.38. The van der Waals surface area contributed by atoms with Gasteiger partial charge < -0.3 is 19.7 Å². The Labute approximate surface area is 168 Å². The van der Waals surface area contributed by atoms with Gasteiger partial charge in [0.05, 0.1) is 4.47 Å². The van der Waals surface area contributed by atoms with Crippen molar-refractivity contribution in [2.45, 2.75) is 32.2 Å². The number of hydrogen-bond donors (Lipinski definition) is 1. The van der Waals surface area contributed by atoms with E-state index in [0.717, 1.165) is 47.1 Å². The van der Waals surface area contributed by atoms with Gasteiger partial charge >= 0.3 is 0 Å². The largest absolute Gasteiger partial charge is 0.454 e. The molecule has 3 aliphatic rings. The zero-order chi connectivity index (χ0) is 15.9.